The van der Waals surface area contributed by atoms with Crippen molar-refractivity contribution in [1.29, 1.82) is 0 Å². The molecule has 0 aromatic rings. The van der Waals surface area contributed by atoms with Crippen molar-refractivity contribution in [3.05, 3.63) is 24.3 Å². The van der Waals surface area contributed by atoms with Crippen LogP contribution in [0.2, 0.25) is 0 Å². The maximum Gasteiger partial charge on any atom is 3.00 e. The average molecular weight is 747 g/mol. The summed E-state index contributed by atoms with van der Waals surface area (Å²) >= 11 is 0. The van der Waals surface area contributed by atoms with Gasteiger partial charge in [0, 0.05) is 24.3 Å². The van der Waals surface area contributed by atoms with E-state index in [4.69, 9.17) is 0 Å². The molecule has 7 nitrogen and oxygen atoms in total. The molecule has 0 radical (unpaired) electrons. The molecule has 8 heteroatoms. The van der Waals surface area contributed by atoms with Crippen molar-refractivity contribution in [2.75, 3.05) is 0 Å². The van der Waals surface area contributed by atoms with Gasteiger partial charge in [-0.25, -0.2) is 0 Å². The van der Waals surface area contributed by atoms with Crippen LogP contribution in [-0.2, 0) is 19.2 Å². The third-order valence-corrected chi connectivity index (χ3v) is 8.68. The van der Waals surface area contributed by atoms with Crippen molar-refractivity contribution < 1.29 is 34.5 Å². The fourth-order valence-corrected chi connectivity index (χ4v) is 5.59. The monoisotopic (exact) mass is 747 g/mol. The average Bonchev–Trinajstić information content (AvgIpc) is 3.07. The molecule has 0 rings (SSSR count). The Morgan fingerprint density at radius 1 is 0.365 bits per heavy atom. The second kappa shape index (κ2) is 51.2. The quantitative estimate of drug-likeness (QED) is 0.0270. The number of ketones is 1. The van der Waals surface area contributed by atoms with Gasteiger partial charge in [0.05, 0.1) is 0 Å². The topological polar surface area (TPSA) is 137 Å². The van der Waals surface area contributed by atoms with E-state index in [9.17, 15) is 34.5 Å². The molecule has 0 spiro atoms. The second-order valence-electron chi connectivity index (χ2n) is 14.1. The van der Waals surface area contributed by atoms with Crippen LogP contribution >= 0.6 is 0 Å². The Kier molecular flexibility index (Phi) is 56.0. The fraction of sp³-hybridized carbons (Fsp3) is 0.818. The molecule has 0 heterocycles. The maximum absolute atomic E-state index is 10.2. The van der Waals surface area contributed by atoms with Gasteiger partial charge < -0.3 is 29.7 Å². The number of carboxylic acid groups (broad SMARTS) is 3. The number of unbranched alkanes of at least 4 members (excludes halogenated alkanes) is 26. The summed E-state index contributed by atoms with van der Waals surface area (Å²) in [6, 6.07) is 0. The van der Waals surface area contributed by atoms with Crippen LogP contribution < -0.4 is 15.3 Å². The zero-order chi connectivity index (χ0) is 38.5. The summed E-state index contributed by atoms with van der Waals surface area (Å²) in [5.74, 6) is -3.51. The van der Waals surface area contributed by atoms with Crippen molar-refractivity contribution in [3.63, 3.8) is 0 Å². The van der Waals surface area contributed by atoms with E-state index < -0.39 is 24.3 Å². The van der Waals surface area contributed by atoms with Gasteiger partial charge in [-0.15, -0.1) is 0 Å². The van der Waals surface area contributed by atoms with Gasteiger partial charge in [0.2, 0.25) is 0 Å². The molecule has 52 heavy (non-hydrogen) atoms. The Hall–Kier alpha value is -1.91. The number of carboxylic acids is 3. The Morgan fingerprint density at radius 2 is 0.596 bits per heavy atom. The predicted molar refractivity (Wildman–Crippen MR) is 213 cm³/mol. The molecule has 0 aliphatic rings. The molecular formula is C44H79AlO7. The Labute approximate surface area is 331 Å². The Morgan fingerprint density at radius 3 is 0.788 bits per heavy atom. The summed E-state index contributed by atoms with van der Waals surface area (Å²) < 4.78 is 0. The van der Waals surface area contributed by atoms with E-state index in [2.05, 4.69) is 38.2 Å². The number of allylic oxidation sites excluding steroid dienone is 4. The van der Waals surface area contributed by atoms with E-state index >= 15 is 0 Å². The number of aliphatic carboxylic acids is 3. The minimum absolute atomic E-state index is 0. The first-order valence-corrected chi connectivity index (χ1v) is 21.1. The normalized spacial score (nSPS) is 10.7. The summed E-state index contributed by atoms with van der Waals surface area (Å²) in [6.07, 6.45) is 47.2. The third kappa shape index (κ3) is 66.4. The minimum atomic E-state index is -1.31. The smallest absolute Gasteiger partial charge is 0.550 e. The zero-order valence-corrected chi connectivity index (χ0v) is 35.2. The zero-order valence-electron chi connectivity index (χ0n) is 34.1. The first-order valence-electron chi connectivity index (χ1n) is 21.1. The van der Waals surface area contributed by atoms with E-state index in [-0.39, 0.29) is 36.0 Å². The first kappa shape index (κ1) is 56.8. The van der Waals surface area contributed by atoms with Crippen LogP contribution in [-0.4, -0.2) is 41.1 Å². The van der Waals surface area contributed by atoms with Gasteiger partial charge in [-0.1, -0.05) is 167 Å². The van der Waals surface area contributed by atoms with Crippen molar-refractivity contribution in [2.45, 2.75) is 233 Å². The Balaban J connectivity index is -0.000000368. The Bertz CT molecular complexity index is 759. The molecule has 0 atom stereocenters. The molecule has 0 unspecified atom stereocenters. The number of carbonyl (C=O) groups is 4. The number of Topliss-reactive ketones (excluding diaryl/α,β-unsaturated/α-hetero) is 1. The minimum Gasteiger partial charge on any atom is -0.550 e. The van der Waals surface area contributed by atoms with Crippen LogP contribution in [0.5, 0.6) is 0 Å². The predicted octanol–water partition coefficient (Wildman–Crippen LogP) is 9.44. The van der Waals surface area contributed by atoms with Crippen molar-refractivity contribution >= 4 is 41.1 Å². The van der Waals surface area contributed by atoms with Crippen LogP contribution in [0.3, 0.4) is 0 Å². The summed E-state index contributed by atoms with van der Waals surface area (Å²) in [4.78, 5) is 39.8. The molecule has 0 aromatic heterocycles. The molecule has 0 aliphatic carbocycles. The van der Waals surface area contributed by atoms with Gasteiger partial charge in [-0.3, -0.25) is 4.79 Å². The summed E-state index contributed by atoms with van der Waals surface area (Å²) in [5.41, 5.74) is 0. The summed E-state index contributed by atoms with van der Waals surface area (Å²) in [7, 11) is 0. The number of hydrogen-bond acceptors (Lipinski definition) is 7. The second-order valence-corrected chi connectivity index (χ2v) is 14.1. The molecule has 300 valence electrons. The van der Waals surface area contributed by atoms with Crippen molar-refractivity contribution in [1.82, 2.24) is 0 Å². The van der Waals surface area contributed by atoms with Gasteiger partial charge in [0.15, 0.2) is 0 Å². The molecule has 0 fully saturated rings. The van der Waals surface area contributed by atoms with Gasteiger partial charge in [0.1, 0.15) is 5.78 Å². The standard InChI is InChI=1S/2C20H38O2.C4H6O3.Al/c2*1-2-3-4-5-6-7-8-9-10-11-12-13-14-15-16-17-18-19-20(21)22;1-3(5)2-4(6)7;/h2*9-10H,2-8,11-19H2,1H3,(H,21,22);2H2,1H3,(H,6,7);/q;;;+3/p-3/b2*10-9-;;. The molecule has 0 aliphatic heterocycles. The molecule has 0 aromatic carbocycles. The largest absolute Gasteiger partial charge is 3.00 e. The molecular weight excluding hydrogens is 667 g/mol. The SMILES string of the molecule is CC(=O)CC(=O)[O-].CCCCCCCC/C=C\CCCCCCCCCC(=O)[O-].CCCCCCCC/C=C\CCCCCCCCCC(=O)[O-].[Al+3]. The molecule has 0 saturated carbocycles. The van der Waals surface area contributed by atoms with Crippen LogP contribution in [0.25, 0.3) is 0 Å². The van der Waals surface area contributed by atoms with Gasteiger partial charge in [-0.05, 0) is 84.0 Å². The van der Waals surface area contributed by atoms with Crippen molar-refractivity contribution in [3.8, 4) is 0 Å². The van der Waals surface area contributed by atoms with Gasteiger partial charge in [-0.2, -0.15) is 0 Å². The van der Waals surface area contributed by atoms with E-state index in [0.717, 1.165) is 25.7 Å². The van der Waals surface area contributed by atoms with Crippen LogP contribution in [0.4, 0.5) is 0 Å². The molecule has 0 bridgehead atoms. The van der Waals surface area contributed by atoms with Crippen molar-refractivity contribution in [2.24, 2.45) is 0 Å². The van der Waals surface area contributed by atoms with E-state index in [1.165, 1.54) is 174 Å². The van der Waals surface area contributed by atoms with Crippen LogP contribution in [0, 0.1) is 0 Å². The number of rotatable bonds is 36. The van der Waals surface area contributed by atoms with E-state index in [1.54, 1.807) is 0 Å². The number of carbonyl (C=O) groups excluding carboxylic acids is 4. The summed E-state index contributed by atoms with van der Waals surface area (Å²) in [6.45, 7) is 5.73. The van der Waals surface area contributed by atoms with Crippen LogP contribution in [0.15, 0.2) is 24.3 Å². The molecule has 0 N–H and O–H groups in total. The van der Waals surface area contributed by atoms with E-state index in [0.29, 0.717) is 0 Å². The van der Waals surface area contributed by atoms with E-state index in [1.807, 2.05) is 0 Å². The molecule has 0 amide bonds. The maximum atomic E-state index is 10.2. The van der Waals surface area contributed by atoms with Gasteiger partial charge >= 0.3 is 17.4 Å². The molecule has 0 saturated heterocycles. The fourth-order valence-electron chi connectivity index (χ4n) is 5.59. The number of hydrogen-bond donors (Lipinski definition) is 0. The van der Waals surface area contributed by atoms with Gasteiger partial charge in [0.25, 0.3) is 0 Å². The third-order valence-electron chi connectivity index (χ3n) is 8.68. The first-order chi connectivity index (χ1) is 24.7. The summed E-state index contributed by atoms with van der Waals surface area (Å²) in [5, 5.41) is 30.0. The van der Waals surface area contributed by atoms with Crippen LogP contribution in [0.1, 0.15) is 233 Å².